The van der Waals surface area contributed by atoms with Crippen LogP contribution in [0.25, 0.3) is 0 Å². The number of nitrogen functional groups attached to an aromatic ring is 1. The molecule has 0 saturated carbocycles. The second kappa shape index (κ2) is 8.08. The highest BCUT2D eigenvalue weighted by Crippen LogP contribution is 2.38. The molecule has 0 bridgehead atoms. The third kappa shape index (κ3) is 4.45. The number of halogens is 3. The third-order valence-electron chi connectivity index (χ3n) is 4.58. The van der Waals surface area contributed by atoms with Crippen LogP contribution in [0.1, 0.15) is 60.2 Å². The van der Waals surface area contributed by atoms with Gasteiger partial charge in [0.25, 0.3) is 0 Å². The summed E-state index contributed by atoms with van der Waals surface area (Å²) < 4.78 is 45.9. The van der Waals surface area contributed by atoms with Gasteiger partial charge in [-0.1, -0.05) is 13.3 Å². The zero-order valence-corrected chi connectivity index (χ0v) is 14.7. The lowest BCUT2D eigenvalue weighted by Crippen LogP contribution is -2.31. The summed E-state index contributed by atoms with van der Waals surface area (Å²) in [5.74, 6) is -0.815. The number of likely N-dealkylation sites (tertiary alicyclic amines) is 1. The van der Waals surface area contributed by atoms with E-state index in [-0.39, 0.29) is 30.0 Å². The van der Waals surface area contributed by atoms with Crippen molar-refractivity contribution in [1.82, 2.24) is 4.90 Å². The van der Waals surface area contributed by atoms with Gasteiger partial charge in [-0.2, -0.15) is 13.2 Å². The van der Waals surface area contributed by atoms with Gasteiger partial charge in [-0.25, -0.2) is 4.79 Å². The Morgan fingerprint density at radius 3 is 2.36 bits per heavy atom. The number of ether oxygens (including phenoxy) is 1. The predicted molar refractivity (Wildman–Crippen MR) is 90.3 cm³/mol. The van der Waals surface area contributed by atoms with Gasteiger partial charge in [0.1, 0.15) is 0 Å². The summed E-state index contributed by atoms with van der Waals surface area (Å²) >= 11 is 0. The number of hydrogen-bond donors (Lipinski definition) is 1. The van der Waals surface area contributed by atoms with Gasteiger partial charge in [0.05, 0.1) is 17.7 Å². The molecule has 1 saturated heterocycles. The number of nitrogens with two attached hydrogens (primary N) is 1. The maximum Gasteiger partial charge on any atom is 0.416 e. The molecule has 1 aromatic carbocycles. The third-order valence-corrected chi connectivity index (χ3v) is 4.58. The summed E-state index contributed by atoms with van der Waals surface area (Å²) in [6.45, 7) is 5.19. The fourth-order valence-corrected chi connectivity index (χ4v) is 3.35. The molecule has 0 atom stereocenters. The molecule has 0 aromatic heterocycles. The zero-order valence-electron chi connectivity index (χ0n) is 14.7. The summed E-state index contributed by atoms with van der Waals surface area (Å²) in [6.07, 6.45) is -1.15. The predicted octanol–water partition coefficient (Wildman–Crippen LogP) is 4.01. The van der Waals surface area contributed by atoms with Crippen LogP contribution < -0.4 is 5.73 Å². The molecule has 4 nitrogen and oxygen atoms in total. The number of anilines is 1. The number of esters is 1. The number of rotatable bonds is 5. The number of hydrogen-bond acceptors (Lipinski definition) is 4. The van der Waals surface area contributed by atoms with Crippen LogP contribution >= 0.6 is 0 Å². The molecule has 1 fully saturated rings. The Kier molecular flexibility index (Phi) is 6.32. The first-order valence-electron chi connectivity index (χ1n) is 8.70. The van der Waals surface area contributed by atoms with Crippen LogP contribution in [0.4, 0.5) is 18.9 Å². The number of alkyl halides is 3. The zero-order chi connectivity index (χ0) is 18.6. The minimum Gasteiger partial charge on any atom is -0.462 e. The van der Waals surface area contributed by atoms with E-state index in [1.807, 2.05) is 4.90 Å². The van der Waals surface area contributed by atoms with Gasteiger partial charge < -0.3 is 10.5 Å². The van der Waals surface area contributed by atoms with Crippen LogP contribution in [0, 0.1) is 0 Å². The van der Waals surface area contributed by atoms with Crippen molar-refractivity contribution in [3.05, 3.63) is 28.3 Å². The van der Waals surface area contributed by atoms with Crippen molar-refractivity contribution >= 4 is 11.7 Å². The van der Waals surface area contributed by atoms with E-state index in [9.17, 15) is 18.0 Å². The van der Waals surface area contributed by atoms with Gasteiger partial charge in [0.15, 0.2) is 0 Å². The average Bonchev–Trinajstić information content (AvgIpc) is 2.55. The second-order valence-electron chi connectivity index (χ2n) is 6.25. The lowest BCUT2D eigenvalue weighted by Gasteiger charge is -2.29. The molecule has 25 heavy (non-hydrogen) atoms. The topological polar surface area (TPSA) is 55.6 Å². The van der Waals surface area contributed by atoms with Crippen molar-refractivity contribution in [1.29, 1.82) is 0 Å². The van der Waals surface area contributed by atoms with E-state index in [4.69, 9.17) is 10.5 Å². The van der Waals surface area contributed by atoms with E-state index in [2.05, 4.69) is 0 Å². The molecule has 0 amide bonds. The number of carbonyl (C=O) groups is 1. The minimum atomic E-state index is -4.55. The fraction of sp³-hybridized carbons (Fsp3) is 0.611. The van der Waals surface area contributed by atoms with Crippen molar-refractivity contribution < 1.29 is 22.7 Å². The van der Waals surface area contributed by atoms with Gasteiger partial charge in [0.2, 0.25) is 0 Å². The summed E-state index contributed by atoms with van der Waals surface area (Å²) in [5, 5.41) is 0. The van der Waals surface area contributed by atoms with Crippen LogP contribution in [0.15, 0.2) is 6.07 Å². The summed E-state index contributed by atoms with van der Waals surface area (Å²) in [4.78, 5) is 14.1. The Balaban J connectivity index is 2.54. The van der Waals surface area contributed by atoms with Crippen molar-refractivity contribution in [2.45, 2.75) is 52.3 Å². The highest BCUT2D eigenvalue weighted by atomic mass is 19.4. The molecule has 1 aliphatic heterocycles. The van der Waals surface area contributed by atoms with Gasteiger partial charge in [-0.3, -0.25) is 4.90 Å². The van der Waals surface area contributed by atoms with Gasteiger partial charge in [0, 0.05) is 12.2 Å². The fourth-order valence-electron chi connectivity index (χ4n) is 3.35. The first kappa shape index (κ1) is 19.6. The molecular formula is C18H25F3N2O2. The lowest BCUT2D eigenvalue weighted by molar-refractivity contribution is -0.138. The van der Waals surface area contributed by atoms with Crippen LogP contribution in [0.3, 0.4) is 0 Å². The van der Waals surface area contributed by atoms with E-state index in [0.29, 0.717) is 12.0 Å². The van der Waals surface area contributed by atoms with E-state index in [1.54, 1.807) is 13.8 Å². The molecule has 2 N–H and O–H groups in total. The smallest absolute Gasteiger partial charge is 0.416 e. The molecule has 0 spiro atoms. The van der Waals surface area contributed by atoms with E-state index in [0.717, 1.165) is 38.4 Å². The number of carbonyl (C=O) groups excluding carboxylic acids is 1. The van der Waals surface area contributed by atoms with E-state index >= 15 is 0 Å². The Morgan fingerprint density at radius 1 is 1.20 bits per heavy atom. The quantitative estimate of drug-likeness (QED) is 0.638. The molecule has 0 aliphatic carbocycles. The molecule has 0 unspecified atom stereocenters. The highest BCUT2D eigenvalue weighted by molar-refractivity contribution is 5.96. The molecule has 2 rings (SSSR count). The van der Waals surface area contributed by atoms with E-state index < -0.39 is 17.7 Å². The SMILES string of the molecule is CCOC(=O)c1cc(C(F)(F)F)c(CN2CCCCC2)c(CC)c1N. The Morgan fingerprint density at radius 2 is 1.84 bits per heavy atom. The first-order chi connectivity index (χ1) is 11.8. The second-order valence-corrected chi connectivity index (χ2v) is 6.25. The normalized spacial score (nSPS) is 16.0. The van der Waals surface area contributed by atoms with Gasteiger partial charge in [-0.05, 0) is 56.5 Å². The van der Waals surface area contributed by atoms with Gasteiger partial charge in [-0.15, -0.1) is 0 Å². The number of piperidine rings is 1. The molecule has 1 aromatic rings. The number of nitrogens with zero attached hydrogens (tertiary/aromatic N) is 1. The molecule has 7 heteroatoms. The lowest BCUT2D eigenvalue weighted by atomic mass is 9.92. The maximum atomic E-state index is 13.7. The average molecular weight is 358 g/mol. The van der Waals surface area contributed by atoms with Crippen molar-refractivity contribution in [3.63, 3.8) is 0 Å². The standard InChI is InChI=1S/C18H25F3N2O2/c1-3-12-14(11-23-8-6-5-7-9-23)15(18(19,20)21)10-13(16(12)22)17(24)25-4-2/h10H,3-9,11,22H2,1-2H3. The number of benzene rings is 1. The molecule has 0 radical (unpaired) electrons. The monoisotopic (exact) mass is 358 g/mol. The Hall–Kier alpha value is -1.76. The largest absolute Gasteiger partial charge is 0.462 e. The van der Waals surface area contributed by atoms with Crippen LogP contribution in [-0.4, -0.2) is 30.6 Å². The summed E-state index contributed by atoms with van der Waals surface area (Å²) in [7, 11) is 0. The molecule has 140 valence electrons. The van der Waals surface area contributed by atoms with Crippen molar-refractivity contribution in [2.24, 2.45) is 0 Å². The van der Waals surface area contributed by atoms with Crippen LogP contribution in [0.5, 0.6) is 0 Å². The molecule has 1 aliphatic rings. The Labute approximate surface area is 146 Å². The minimum absolute atomic E-state index is 0.0800. The highest BCUT2D eigenvalue weighted by Gasteiger charge is 2.37. The van der Waals surface area contributed by atoms with Crippen LogP contribution in [0.2, 0.25) is 0 Å². The molecular weight excluding hydrogens is 333 g/mol. The first-order valence-corrected chi connectivity index (χ1v) is 8.70. The summed E-state index contributed by atoms with van der Waals surface area (Å²) in [6, 6.07) is 0.853. The van der Waals surface area contributed by atoms with Crippen molar-refractivity contribution in [2.75, 3.05) is 25.4 Å². The van der Waals surface area contributed by atoms with E-state index in [1.165, 1.54) is 0 Å². The summed E-state index contributed by atoms with van der Waals surface area (Å²) in [5.41, 5.74) is 5.74. The van der Waals surface area contributed by atoms with Gasteiger partial charge >= 0.3 is 12.1 Å². The van der Waals surface area contributed by atoms with Crippen LogP contribution in [-0.2, 0) is 23.9 Å². The maximum absolute atomic E-state index is 13.7. The molecule has 1 heterocycles. The van der Waals surface area contributed by atoms with Crippen molar-refractivity contribution in [3.8, 4) is 0 Å². The Bertz CT molecular complexity index is 624.